The number of hydrogen-bond acceptors (Lipinski definition) is 8. The van der Waals surface area contributed by atoms with Crippen molar-refractivity contribution in [3.05, 3.63) is 72.8 Å². The number of amides is 2. The third-order valence-corrected chi connectivity index (χ3v) is 5.13. The summed E-state index contributed by atoms with van der Waals surface area (Å²) in [6.45, 7) is 10.0. The summed E-state index contributed by atoms with van der Waals surface area (Å²) in [5.41, 5.74) is 0.514. The summed E-state index contributed by atoms with van der Waals surface area (Å²) in [6.07, 6.45) is -1.50. The minimum Gasteiger partial charge on any atom is -0.460 e. The zero-order chi connectivity index (χ0) is 27.7. The van der Waals surface area contributed by atoms with Gasteiger partial charge in [-0.05, 0) is 13.8 Å². The normalized spacial score (nSPS) is 10.4. The smallest absolute Gasteiger partial charge is 0.412 e. The topological polar surface area (TPSA) is 129 Å². The molecule has 0 atom stereocenters. The van der Waals surface area contributed by atoms with Crippen molar-refractivity contribution in [2.24, 2.45) is 0 Å². The standard InChI is InChI=1S/C28H28N2O8/c1-17(2)25(31)35-15-13-29-27(33)37-23-19-9-5-7-11-21(19)24(22-12-8-6-10-20(22)23)38-28(34)30-14-16-36-26(32)18(3)4/h5-12H,1,3,13-16H2,2,4H3,(H,29,33)(H,30,34). The molecule has 0 aromatic heterocycles. The summed E-state index contributed by atoms with van der Waals surface area (Å²) in [5.74, 6) is -0.562. The maximum absolute atomic E-state index is 12.5. The van der Waals surface area contributed by atoms with Gasteiger partial charge in [-0.25, -0.2) is 19.2 Å². The first kappa shape index (κ1) is 27.7. The Bertz CT molecular complexity index is 1250. The minimum absolute atomic E-state index is 0.0385. The molecule has 0 fully saturated rings. The van der Waals surface area contributed by atoms with Crippen molar-refractivity contribution in [2.45, 2.75) is 13.8 Å². The highest BCUT2D eigenvalue weighted by Crippen LogP contribution is 2.42. The molecule has 10 heteroatoms. The van der Waals surface area contributed by atoms with E-state index in [1.54, 1.807) is 48.5 Å². The van der Waals surface area contributed by atoms with Crippen LogP contribution >= 0.6 is 0 Å². The Morgan fingerprint density at radius 1 is 0.632 bits per heavy atom. The molecule has 0 saturated carbocycles. The molecule has 0 unspecified atom stereocenters. The fourth-order valence-electron chi connectivity index (χ4n) is 3.37. The zero-order valence-electron chi connectivity index (χ0n) is 21.1. The average Bonchev–Trinajstić information content (AvgIpc) is 2.90. The van der Waals surface area contributed by atoms with Crippen LogP contribution < -0.4 is 20.1 Å². The van der Waals surface area contributed by atoms with Crippen molar-refractivity contribution in [3.63, 3.8) is 0 Å². The second-order valence-electron chi connectivity index (χ2n) is 8.21. The molecule has 0 aliphatic heterocycles. The monoisotopic (exact) mass is 520 g/mol. The Morgan fingerprint density at radius 3 is 1.24 bits per heavy atom. The molecule has 3 aromatic rings. The number of benzene rings is 3. The van der Waals surface area contributed by atoms with Crippen LogP contribution in [0.3, 0.4) is 0 Å². The fourth-order valence-corrected chi connectivity index (χ4v) is 3.37. The van der Waals surface area contributed by atoms with Crippen LogP contribution in [0.25, 0.3) is 21.5 Å². The Kier molecular flexibility index (Phi) is 9.42. The SMILES string of the molecule is C=C(C)C(=O)OCCNC(=O)Oc1c2ccccc2c(OC(=O)NCCOC(=O)C(=C)C)c2ccccc12. The molecule has 0 radical (unpaired) electrons. The van der Waals surface area contributed by atoms with E-state index < -0.39 is 24.1 Å². The third-order valence-electron chi connectivity index (χ3n) is 5.13. The highest BCUT2D eigenvalue weighted by Gasteiger charge is 2.20. The molecule has 2 N–H and O–H groups in total. The van der Waals surface area contributed by atoms with Gasteiger partial charge in [0.15, 0.2) is 0 Å². The average molecular weight is 521 g/mol. The van der Waals surface area contributed by atoms with Crippen molar-refractivity contribution in [1.82, 2.24) is 10.6 Å². The van der Waals surface area contributed by atoms with Crippen molar-refractivity contribution in [3.8, 4) is 11.5 Å². The molecule has 3 aromatic carbocycles. The number of hydrogen-bond donors (Lipinski definition) is 2. The molecule has 2 amide bonds. The lowest BCUT2D eigenvalue weighted by Crippen LogP contribution is -2.31. The number of carbonyl (C=O) groups is 4. The molecule has 38 heavy (non-hydrogen) atoms. The van der Waals surface area contributed by atoms with Crippen molar-refractivity contribution in [2.75, 3.05) is 26.3 Å². The number of ether oxygens (including phenoxy) is 4. The van der Waals surface area contributed by atoms with Gasteiger partial charge in [0.05, 0.1) is 13.1 Å². The molecular formula is C28H28N2O8. The molecule has 0 heterocycles. The molecule has 0 aliphatic rings. The van der Waals surface area contributed by atoms with E-state index in [9.17, 15) is 19.2 Å². The van der Waals surface area contributed by atoms with Crippen LogP contribution in [-0.4, -0.2) is 50.4 Å². The van der Waals surface area contributed by atoms with Gasteiger partial charge in [0, 0.05) is 32.7 Å². The van der Waals surface area contributed by atoms with E-state index in [2.05, 4.69) is 23.8 Å². The summed E-state index contributed by atoms with van der Waals surface area (Å²) in [7, 11) is 0. The molecule has 198 valence electrons. The van der Waals surface area contributed by atoms with E-state index >= 15 is 0 Å². The number of nitrogens with one attached hydrogen (secondary N) is 2. The van der Waals surface area contributed by atoms with Crippen molar-refractivity contribution in [1.29, 1.82) is 0 Å². The first-order valence-corrected chi connectivity index (χ1v) is 11.7. The van der Waals surface area contributed by atoms with E-state index in [0.29, 0.717) is 21.5 Å². The van der Waals surface area contributed by atoms with Crippen LogP contribution in [0.15, 0.2) is 72.8 Å². The largest absolute Gasteiger partial charge is 0.460 e. The van der Waals surface area contributed by atoms with Crippen LogP contribution in [0, 0.1) is 0 Å². The third kappa shape index (κ3) is 7.10. The van der Waals surface area contributed by atoms with Crippen molar-refractivity contribution < 1.29 is 38.1 Å². The van der Waals surface area contributed by atoms with E-state index in [1.165, 1.54) is 13.8 Å². The van der Waals surface area contributed by atoms with Crippen LogP contribution in [-0.2, 0) is 19.1 Å². The van der Waals surface area contributed by atoms with Gasteiger partial charge < -0.3 is 29.6 Å². The van der Waals surface area contributed by atoms with Crippen LogP contribution in [0.5, 0.6) is 11.5 Å². The molecule has 10 nitrogen and oxygen atoms in total. The first-order chi connectivity index (χ1) is 18.2. The van der Waals surface area contributed by atoms with Gasteiger partial charge in [0.25, 0.3) is 0 Å². The summed E-state index contributed by atoms with van der Waals surface area (Å²) >= 11 is 0. The van der Waals surface area contributed by atoms with Crippen LogP contribution in [0.1, 0.15) is 13.8 Å². The van der Waals surface area contributed by atoms with Crippen LogP contribution in [0.2, 0.25) is 0 Å². The van der Waals surface area contributed by atoms with Crippen molar-refractivity contribution >= 4 is 45.7 Å². The lowest BCUT2D eigenvalue weighted by molar-refractivity contribution is -0.139. The molecular weight excluding hydrogens is 492 g/mol. The molecule has 0 bridgehead atoms. The Hall–Kier alpha value is -4.86. The lowest BCUT2D eigenvalue weighted by Gasteiger charge is -2.17. The van der Waals surface area contributed by atoms with Gasteiger partial charge in [-0.1, -0.05) is 61.7 Å². The highest BCUT2D eigenvalue weighted by molar-refractivity contribution is 6.12. The fraction of sp³-hybridized carbons (Fsp3) is 0.214. The maximum Gasteiger partial charge on any atom is 0.412 e. The number of carbonyl (C=O) groups excluding carboxylic acids is 4. The lowest BCUT2D eigenvalue weighted by atomic mass is 10.0. The highest BCUT2D eigenvalue weighted by atomic mass is 16.6. The van der Waals surface area contributed by atoms with Gasteiger partial charge in [-0.15, -0.1) is 0 Å². The molecule has 3 rings (SSSR count). The Morgan fingerprint density at radius 2 is 0.947 bits per heavy atom. The number of rotatable bonds is 10. The zero-order valence-corrected chi connectivity index (χ0v) is 21.1. The minimum atomic E-state index is -0.748. The maximum atomic E-state index is 12.5. The van der Waals surface area contributed by atoms with Crippen LogP contribution in [0.4, 0.5) is 9.59 Å². The predicted molar refractivity (Wildman–Crippen MR) is 141 cm³/mol. The summed E-state index contributed by atoms with van der Waals surface area (Å²) in [4.78, 5) is 48.1. The Balaban J connectivity index is 1.78. The quantitative estimate of drug-likeness (QED) is 0.174. The second-order valence-corrected chi connectivity index (χ2v) is 8.21. The summed E-state index contributed by atoms with van der Waals surface area (Å²) in [6, 6.07) is 14.0. The van der Waals surface area contributed by atoms with Gasteiger partial charge in [0.1, 0.15) is 24.7 Å². The van der Waals surface area contributed by atoms with Gasteiger partial charge in [0.2, 0.25) is 0 Å². The van der Waals surface area contributed by atoms with E-state index in [0.717, 1.165) is 0 Å². The van der Waals surface area contributed by atoms with Gasteiger partial charge in [-0.3, -0.25) is 0 Å². The first-order valence-electron chi connectivity index (χ1n) is 11.7. The molecule has 0 aliphatic carbocycles. The van der Waals surface area contributed by atoms with E-state index in [-0.39, 0.29) is 48.9 Å². The van der Waals surface area contributed by atoms with Gasteiger partial charge >= 0.3 is 24.1 Å². The predicted octanol–water partition coefficient (Wildman–Crippen LogP) is 4.41. The van der Waals surface area contributed by atoms with E-state index in [1.807, 2.05) is 0 Å². The second kappa shape index (κ2) is 12.9. The number of fused-ring (bicyclic) bond motifs is 2. The molecule has 0 saturated heterocycles. The van der Waals surface area contributed by atoms with Gasteiger partial charge in [-0.2, -0.15) is 0 Å². The summed E-state index contributed by atoms with van der Waals surface area (Å²) < 4.78 is 21.2. The number of esters is 2. The van der Waals surface area contributed by atoms with E-state index in [4.69, 9.17) is 18.9 Å². The summed E-state index contributed by atoms with van der Waals surface area (Å²) in [5, 5.41) is 7.22. The molecule has 0 spiro atoms. The Labute approximate surface area is 219 Å².